The number of carbonyl (C=O) groups excluding carboxylic acids is 1. The van der Waals surface area contributed by atoms with E-state index in [1.165, 1.54) is 0 Å². The van der Waals surface area contributed by atoms with Crippen molar-refractivity contribution in [3.8, 4) is 0 Å². The number of fused-ring (bicyclic) bond motifs is 1. The molecule has 0 saturated heterocycles. The smallest absolute Gasteiger partial charge is 0.326 e. The van der Waals surface area contributed by atoms with E-state index in [1.807, 2.05) is 26.0 Å². The van der Waals surface area contributed by atoms with E-state index in [-0.39, 0.29) is 11.8 Å². The lowest BCUT2D eigenvalue weighted by Crippen LogP contribution is -2.41. The minimum absolute atomic E-state index is 0.197. The molecule has 2 rings (SSSR count). The Kier molecular flexibility index (Phi) is 4.08. The maximum atomic E-state index is 12.1. The monoisotopic (exact) mass is 274 g/mol. The Morgan fingerprint density at radius 2 is 2.05 bits per heavy atom. The number of rotatable bonds is 5. The molecule has 0 aliphatic carbocycles. The van der Waals surface area contributed by atoms with Crippen LogP contribution in [0.2, 0.25) is 0 Å². The van der Waals surface area contributed by atoms with E-state index in [0.717, 1.165) is 10.9 Å². The average Bonchev–Trinajstić information content (AvgIpc) is 2.84. The summed E-state index contributed by atoms with van der Waals surface area (Å²) >= 11 is 0. The van der Waals surface area contributed by atoms with Crippen molar-refractivity contribution in [3.05, 3.63) is 36.0 Å². The van der Waals surface area contributed by atoms with Crippen LogP contribution >= 0.6 is 0 Å². The van der Waals surface area contributed by atoms with E-state index in [9.17, 15) is 9.59 Å². The molecule has 0 unspecified atom stereocenters. The van der Waals surface area contributed by atoms with Crippen LogP contribution in [0.4, 0.5) is 0 Å². The number of aromatic amines is 1. The van der Waals surface area contributed by atoms with Crippen LogP contribution in [0.1, 0.15) is 30.6 Å². The van der Waals surface area contributed by atoms with Crippen molar-refractivity contribution in [2.45, 2.75) is 26.3 Å². The summed E-state index contributed by atoms with van der Waals surface area (Å²) in [6.07, 6.45) is 2.21. The number of carboxylic acids is 1. The quantitative estimate of drug-likeness (QED) is 0.783. The van der Waals surface area contributed by atoms with Gasteiger partial charge in [-0.05, 0) is 35.9 Å². The van der Waals surface area contributed by atoms with Crippen LogP contribution in [0.15, 0.2) is 30.5 Å². The molecule has 0 radical (unpaired) electrons. The maximum absolute atomic E-state index is 12.1. The van der Waals surface area contributed by atoms with Gasteiger partial charge in [0, 0.05) is 17.3 Å². The highest BCUT2D eigenvalue weighted by atomic mass is 16.4. The van der Waals surface area contributed by atoms with Crippen LogP contribution < -0.4 is 5.32 Å². The first-order valence-corrected chi connectivity index (χ1v) is 6.58. The van der Waals surface area contributed by atoms with Gasteiger partial charge in [0.25, 0.3) is 5.91 Å². The maximum Gasteiger partial charge on any atom is 0.326 e. The normalized spacial score (nSPS) is 12.6. The molecule has 3 N–H and O–H groups in total. The summed E-state index contributed by atoms with van der Waals surface area (Å²) in [6, 6.07) is 6.30. The summed E-state index contributed by atoms with van der Waals surface area (Å²) in [5, 5.41) is 12.7. The average molecular weight is 274 g/mol. The third-order valence-electron chi connectivity index (χ3n) is 3.13. The number of nitrogens with one attached hydrogen (secondary N) is 2. The van der Waals surface area contributed by atoms with Crippen molar-refractivity contribution < 1.29 is 14.7 Å². The first kappa shape index (κ1) is 14.1. The third kappa shape index (κ3) is 3.17. The lowest BCUT2D eigenvalue weighted by molar-refractivity contribution is -0.139. The Balaban J connectivity index is 2.15. The third-order valence-corrected chi connectivity index (χ3v) is 3.13. The molecule has 0 spiro atoms. The molecule has 1 aromatic carbocycles. The van der Waals surface area contributed by atoms with Crippen molar-refractivity contribution >= 4 is 22.8 Å². The largest absolute Gasteiger partial charge is 0.480 e. The lowest BCUT2D eigenvalue weighted by Gasteiger charge is -2.16. The fourth-order valence-electron chi connectivity index (χ4n) is 2.12. The van der Waals surface area contributed by atoms with Crippen molar-refractivity contribution in [3.63, 3.8) is 0 Å². The van der Waals surface area contributed by atoms with Gasteiger partial charge in [0.15, 0.2) is 0 Å². The number of hydrogen-bond acceptors (Lipinski definition) is 2. The molecule has 1 heterocycles. The molecule has 0 fully saturated rings. The highest BCUT2D eigenvalue weighted by Crippen LogP contribution is 2.14. The molecule has 20 heavy (non-hydrogen) atoms. The number of carbonyl (C=O) groups is 2. The van der Waals surface area contributed by atoms with Crippen molar-refractivity contribution in [2.24, 2.45) is 5.92 Å². The van der Waals surface area contributed by atoms with E-state index in [2.05, 4.69) is 10.3 Å². The van der Waals surface area contributed by atoms with Gasteiger partial charge in [-0.2, -0.15) is 0 Å². The van der Waals surface area contributed by atoms with Gasteiger partial charge in [-0.15, -0.1) is 0 Å². The fourth-order valence-corrected chi connectivity index (χ4v) is 2.12. The number of H-pyrrole nitrogens is 1. The minimum atomic E-state index is -1.01. The molecule has 0 aliphatic rings. The highest BCUT2D eigenvalue weighted by Gasteiger charge is 2.21. The van der Waals surface area contributed by atoms with E-state index in [1.54, 1.807) is 18.3 Å². The minimum Gasteiger partial charge on any atom is -0.480 e. The second kappa shape index (κ2) is 5.77. The van der Waals surface area contributed by atoms with Gasteiger partial charge in [0.1, 0.15) is 6.04 Å². The van der Waals surface area contributed by atoms with Gasteiger partial charge >= 0.3 is 5.97 Å². The van der Waals surface area contributed by atoms with Crippen LogP contribution in [0.25, 0.3) is 10.9 Å². The van der Waals surface area contributed by atoms with Gasteiger partial charge in [0.2, 0.25) is 0 Å². The Labute approximate surface area is 117 Å². The zero-order valence-corrected chi connectivity index (χ0v) is 11.5. The summed E-state index contributed by atoms with van der Waals surface area (Å²) < 4.78 is 0. The molecule has 1 aromatic heterocycles. The van der Waals surface area contributed by atoms with Gasteiger partial charge in [-0.3, -0.25) is 4.79 Å². The summed E-state index contributed by atoms with van der Waals surface area (Å²) in [5.41, 5.74) is 1.31. The Hall–Kier alpha value is -2.30. The molecular formula is C15H18N2O3. The molecule has 1 amide bonds. The number of hydrogen-bond donors (Lipinski definition) is 3. The first-order chi connectivity index (χ1) is 9.47. The van der Waals surface area contributed by atoms with Crippen LogP contribution in [0.3, 0.4) is 0 Å². The Morgan fingerprint density at radius 3 is 2.70 bits per heavy atom. The van der Waals surface area contributed by atoms with Gasteiger partial charge in [-0.1, -0.05) is 19.9 Å². The number of amides is 1. The van der Waals surface area contributed by atoms with Gasteiger partial charge in [-0.25, -0.2) is 4.79 Å². The van der Waals surface area contributed by atoms with E-state index < -0.39 is 12.0 Å². The molecule has 5 heteroatoms. The Morgan fingerprint density at radius 1 is 1.30 bits per heavy atom. The zero-order chi connectivity index (χ0) is 14.7. The standard InChI is InChI=1S/C15H18N2O3/c1-9(2)7-13(15(19)20)17-14(18)11-4-3-10-5-6-16-12(10)8-11/h3-6,8-9,13,16H,7H2,1-2H3,(H,17,18)(H,19,20)/t13-/m0/s1. The van der Waals surface area contributed by atoms with Crippen LogP contribution in [0, 0.1) is 5.92 Å². The molecule has 0 saturated carbocycles. The lowest BCUT2D eigenvalue weighted by atomic mass is 10.0. The van der Waals surface area contributed by atoms with Crippen molar-refractivity contribution in [1.82, 2.24) is 10.3 Å². The molecular weight excluding hydrogens is 256 g/mol. The predicted molar refractivity (Wildman–Crippen MR) is 76.6 cm³/mol. The van der Waals surface area contributed by atoms with Gasteiger partial charge in [0.05, 0.1) is 0 Å². The molecule has 1 atom stereocenters. The number of benzene rings is 1. The van der Waals surface area contributed by atoms with Gasteiger partial charge < -0.3 is 15.4 Å². The number of aliphatic carboxylic acids is 1. The topological polar surface area (TPSA) is 82.2 Å². The Bertz CT molecular complexity index is 631. The molecule has 2 aromatic rings. The molecule has 5 nitrogen and oxygen atoms in total. The molecule has 0 bridgehead atoms. The van der Waals surface area contributed by atoms with Crippen LogP contribution in [0.5, 0.6) is 0 Å². The molecule has 106 valence electrons. The number of carboxylic acid groups (broad SMARTS) is 1. The summed E-state index contributed by atoms with van der Waals surface area (Å²) in [4.78, 5) is 26.3. The first-order valence-electron chi connectivity index (χ1n) is 6.58. The van der Waals surface area contributed by atoms with Crippen molar-refractivity contribution in [2.75, 3.05) is 0 Å². The van der Waals surface area contributed by atoms with E-state index >= 15 is 0 Å². The van der Waals surface area contributed by atoms with Crippen LogP contribution in [-0.2, 0) is 4.79 Å². The summed E-state index contributed by atoms with van der Waals surface area (Å²) in [7, 11) is 0. The summed E-state index contributed by atoms with van der Waals surface area (Å²) in [6.45, 7) is 3.85. The van der Waals surface area contributed by atoms with E-state index in [4.69, 9.17) is 5.11 Å². The van der Waals surface area contributed by atoms with Crippen LogP contribution in [-0.4, -0.2) is 28.0 Å². The second-order valence-electron chi connectivity index (χ2n) is 5.27. The predicted octanol–water partition coefficient (Wildman–Crippen LogP) is 2.40. The zero-order valence-electron chi connectivity index (χ0n) is 11.5. The SMILES string of the molecule is CC(C)C[C@H](NC(=O)c1ccc2cc[nH]c2c1)C(=O)O. The highest BCUT2D eigenvalue weighted by molar-refractivity contribution is 5.99. The number of aromatic nitrogens is 1. The van der Waals surface area contributed by atoms with E-state index in [0.29, 0.717) is 12.0 Å². The van der Waals surface area contributed by atoms with Crippen molar-refractivity contribution in [1.29, 1.82) is 0 Å². The fraction of sp³-hybridized carbons (Fsp3) is 0.333. The summed E-state index contributed by atoms with van der Waals surface area (Å²) in [5.74, 6) is -1.18. The second-order valence-corrected chi connectivity index (χ2v) is 5.27. The molecule has 0 aliphatic heterocycles.